The molecule has 0 unspecified atom stereocenters. The third-order valence-corrected chi connectivity index (χ3v) is 2.37. The lowest BCUT2D eigenvalue weighted by Crippen LogP contribution is -2.13. The molecule has 6 nitrogen and oxygen atoms in total. The molecule has 0 atom stereocenters. The minimum absolute atomic E-state index is 0.225. The summed E-state index contributed by atoms with van der Waals surface area (Å²) in [7, 11) is 4.06. The van der Waals surface area contributed by atoms with Crippen LogP contribution in [0.3, 0.4) is 0 Å². The van der Waals surface area contributed by atoms with Crippen molar-refractivity contribution in [3.63, 3.8) is 0 Å². The minimum Gasteiger partial charge on any atom is -0.493 e. The van der Waals surface area contributed by atoms with E-state index in [0.717, 1.165) is 0 Å². The number of benzene rings is 1. The molecule has 0 N–H and O–H groups in total. The predicted molar refractivity (Wildman–Crippen MR) is 71.6 cm³/mol. The Kier molecular flexibility index (Phi) is 6.09. The highest BCUT2D eigenvalue weighted by atomic mass is 16.6. The lowest BCUT2D eigenvalue weighted by atomic mass is 10.2. The monoisotopic (exact) mass is 280 g/mol. The SMILES string of the molecule is COC(=O)/C=C/c1ccc(OC)c(OCC(=O)OC)c1. The fraction of sp³-hybridized carbons (Fsp3) is 0.286. The number of methoxy groups -OCH3 is 3. The number of rotatable bonds is 6. The average molecular weight is 280 g/mol. The number of carbonyl (C=O) groups excluding carboxylic acids is 2. The highest BCUT2D eigenvalue weighted by molar-refractivity contribution is 5.87. The second-order valence-electron chi connectivity index (χ2n) is 3.63. The third-order valence-electron chi connectivity index (χ3n) is 2.37. The van der Waals surface area contributed by atoms with Gasteiger partial charge in [-0.05, 0) is 23.8 Å². The van der Waals surface area contributed by atoms with Crippen molar-refractivity contribution in [1.29, 1.82) is 0 Å². The first-order valence-electron chi connectivity index (χ1n) is 5.74. The van der Waals surface area contributed by atoms with Crippen LogP contribution in [-0.2, 0) is 19.1 Å². The topological polar surface area (TPSA) is 71.1 Å². The summed E-state index contributed by atoms with van der Waals surface area (Å²) >= 11 is 0. The molecule has 0 bridgehead atoms. The highest BCUT2D eigenvalue weighted by Crippen LogP contribution is 2.28. The average Bonchev–Trinajstić information content (AvgIpc) is 2.49. The molecule has 1 aromatic carbocycles. The summed E-state index contributed by atoms with van der Waals surface area (Å²) in [5.74, 6) is -0.102. The van der Waals surface area contributed by atoms with Gasteiger partial charge in [0.15, 0.2) is 18.1 Å². The molecule has 0 saturated heterocycles. The van der Waals surface area contributed by atoms with Crippen LogP contribution in [0.5, 0.6) is 11.5 Å². The molecule has 0 amide bonds. The van der Waals surface area contributed by atoms with E-state index in [9.17, 15) is 9.59 Å². The Balaban J connectivity index is 2.87. The zero-order valence-corrected chi connectivity index (χ0v) is 11.5. The minimum atomic E-state index is -0.498. The van der Waals surface area contributed by atoms with Crippen molar-refractivity contribution >= 4 is 18.0 Å². The van der Waals surface area contributed by atoms with Crippen molar-refractivity contribution in [2.75, 3.05) is 27.9 Å². The molecule has 6 heteroatoms. The van der Waals surface area contributed by atoms with Gasteiger partial charge >= 0.3 is 11.9 Å². The molecule has 0 aliphatic carbocycles. The standard InChI is InChI=1S/C14H16O6/c1-17-11-6-4-10(5-7-13(15)18-2)8-12(11)20-9-14(16)19-3/h4-8H,9H2,1-3H3/b7-5+. The van der Waals surface area contributed by atoms with Gasteiger partial charge in [0.25, 0.3) is 0 Å². The summed E-state index contributed by atoms with van der Waals surface area (Å²) in [5, 5.41) is 0. The van der Waals surface area contributed by atoms with E-state index >= 15 is 0 Å². The van der Waals surface area contributed by atoms with Crippen LogP contribution in [0.25, 0.3) is 6.08 Å². The molecule has 1 aromatic rings. The smallest absolute Gasteiger partial charge is 0.343 e. The molecular weight excluding hydrogens is 264 g/mol. The molecule has 1 rings (SSSR count). The lowest BCUT2D eigenvalue weighted by Gasteiger charge is -2.10. The van der Waals surface area contributed by atoms with Crippen molar-refractivity contribution in [1.82, 2.24) is 0 Å². The maximum Gasteiger partial charge on any atom is 0.343 e. The Morgan fingerprint density at radius 2 is 1.85 bits per heavy atom. The first-order valence-corrected chi connectivity index (χ1v) is 5.74. The molecule has 0 fully saturated rings. The van der Waals surface area contributed by atoms with Gasteiger partial charge < -0.3 is 18.9 Å². The van der Waals surface area contributed by atoms with Gasteiger partial charge in [-0.25, -0.2) is 9.59 Å². The summed E-state index contributed by atoms with van der Waals surface area (Å²) in [6.07, 6.45) is 2.85. The van der Waals surface area contributed by atoms with Gasteiger partial charge in [-0.1, -0.05) is 6.07 Å². The Morgan fingerprint density at radius 1 is 1.10 bits per heavy atom. The molecule has 0 spiro atoms. The van der Waals surface area contributed by atoms with Crippen LogP contribution in [0.4, 0.5) is 0 Å². The van der Waals surface area contributed by atoms with E-state index in [1.165, 1.54) is 27.4 Å². The van der Waals surface area contributed by atoms with Crippen molar-refractivity contribution in [3.05, 3.63) is 29.8 Å². The van der Waals surface area contributed by atoms with Crippen LogP contribution in [0.1, 0.15) is 5.56 Å². The van der Waals surface area contributed by atoms with E-state index < -0.39 is 11.9 Å². The first kappa shape index (κ1) is 15.6. The molecule has 0 aliphatic rings. The largest absolute Gasteiger partial charge is 0.493 e. The van der Waals surface area contributed by atoms with Gasteiger partial charge in [0, 0.05) is 6.08 Å². The van der Waals surface area contributed by atoms with Crippen LogP contribution < -0.4 is 9.47 Å². The van der Waals surface area contributed by atoms with E-state index in [4.69, 9.17) is 9.47 Å². The molecule has 0 radical (unpaired) electrons. The molecular formula is C14H16O6. The van der Waals surface area contributed by atoms with E-state index in [1.807, 2.05) is 0 Å². The van der Waals surface area contributed by atoms with Crippen LogP contribution in [0.15, 0.2) is 24.3 Å². The summed E-state index contributed by atoms with van der Waals surface area (Å²) < 4.78 is 19.4. The molecule has 0 aliphatic heterocycles. The number of esters is 2. The van der Waals surface area contributed by atoms with Crippen molar-refractivity contribution in [3.8, 4) is 11.5 Å². The molecule has 20 heavy (non-hydrogen) atoms. The molecule has 0 heterocycles. The second-order valence-corrected chi connectivity index (χ2v) is 3.63. The second kappa shape index (κ2) is 7.83. The number of carbonyl (C=O) groups is 2. The van der Waals surface area contributed by atoms with Gasteiger partial charge in [0.2, 0.25) is 0 Å². The highest BCUT2D eigenvalue weighted by Gasteiger charge is 2.08. The van der Waals surface area contributed by atoms with E-state index in [1.54, 1.807) is 24.3 Å². The lowest BCUT2D eigenvalue weighted by molar-refractivity contribution is -0.143. The summed E-state index contributed by atoms with van der Waals surface area (Å²) in [6.45, 7) is -0.225. The zero-order chi connectivity index (χ0) is 15.0. The summed E-state index contributed by atoms with van der Waals surface area (Å²) in [4.78, 5) is 22.1. The quantitative estimate of drug-likeness (QED) is 0.580. The van der Waals surface area contributed by atoms with Gasteiger partial charge in [-0.15, -0.1) is 0 Å². The predicted octanol–water partition coefficient (Wildman–Crippen LogP) is 1.43. The molecule has 0 aromatic heterocycles. The maximum absolute atomic E-state index is 11.1. The Morgan fingerprint density at radius 3 is 2.45 bits per heavy atom. The van der Waals surface area contributed by atoms with Crippen molar-refractivity contribution in [2.24, 2.45) is 0 Å². The Labute approximate surface area is 116 Å². The first-order chi connectivity index (χ1) is 9.60. The molecule has 0 saturated carbocycles. The number of ether oxygens (including phenoxy) is 4. The van der Waals surface area contributed by atoms with Gasteiger partial charge in [0.1, 0.15) is 0 Å². The fourth-order valence-corrected chi connectivity index (χ4v) is 1.34. The van der Waals surface area contributed by atoms with Gasteiger partial charge in [-0.3, -0.25) is 0 Å². The van der Waals surface area contributed by atoms with E-state index in [-0.39, 0.29) is 6.61 Å². The summed E-state index contributed by atoms with van der Waals surface area (Å²) in [5.41, 5.74) is 0.705. The number of hydrogen-bond donors (Lipinski definition) is 0. The van der Waals surface area contributed by atoms with Gasteiger partial charge in [-0.2, -0.15) is 0 Å². The van der Waals surface area contributed by atoms with E-state index in [2.05, 4.69) is 9.47 Å². The third kappa shape index (κ3) is 4.64. The van der Waals surface area contributed by atoms with Crippen LogP contribution >= 0.6 is 0 Å². The van der Waals surface area contributed by atoms with E-state index in [0.29, 0.717) is 17.1 Å². The molecule has 108 valence electrons. The number of hydrogen-bond acceptors (Lipinski definition) is 6. The van der Waals surface area contributed by atoms with Gasteiger partial charge in [0.05, 0.1) is 21.3 Å². The zero-order valence-electron chi connectivity index (χ0n) is 11.5. The fourth-order valence-electron chi connectivity index (χ4n) is 1.34. The Bertz CT molecular complexity index is 506. The summed E-state index contributed by atoms with van der Waals surface area (Å²) in [6, 6.07) is 5.05. The Hall–Kier alpha value is -2.50. The maximum atomic E-state index is 11.1. The van der Waals surface area contributed by atoms with Crippen molar-refractivity contribution in [2.45, 2.75) is 0 Å². The van der Waals surface area contributed by atoms with Crippen LogP contribution in [-0.4, -0.2) is 39.9 Å². The van der Waals surface area contributed by atoms with Crippen molar-refractivity contribution < 1.29 is 28.5 Å². The normalized spacial score (nSPS) is 10.2. The van der Waals surface area contributed by atoms with Crippen LogP contribution in [0.2, 0.25) is 0 Å². The van der Waals surface area contributed by atoms with Crippen LogP contribution in [0, 0.1) is 0 Å².